The van der Waals surface area contributed by atoms with Crippen molar-refractivity contribution in [2.45, 2.75) is 19.4 Å². The summed E-state index contributed by atoms with van der Waals surface area (Å²) in [6.07, 6.45) is 1.99. The smallest absolute Gasteiger partial charge is 0.246 e. The Hall–Kier alpha value is -0.390. The summed E-state index contributed by atoms with van der Waals surface area (Å²) in [5.41, 5.74) is 3.52. The molecule has 0 aliphatic heterocycles. The van der Waals surface area contributed by atoms with Gasteiger partial charge in [0.1, 0.15) is 6.61 Å². The Morgan fingerprint density at radius 3 is 3.07 bits per heavy atom. The van der Waals surface area contributed by atoms with Crippen molar-refractivity contribution in [3.05, 3.63) is 20.8 Å². The molecule has 1 heterocycles. The lowest BCUT2D eigenvalue weighted by molar-refractivity contribution is -0.135. The maximum absolute atomic E-state index is 11.2. The quantitative estimate of drug-likeness (QED) is 0.858. The third-order valence-corrected chi connectivity index (χ3v) is 3.85. The fourth-order valence-corrected chi connectivity index (χ4v) is 2.24. The van der Waals surface area contributed by atoms with Gasteiger partial charge in [0, 0.05) is 11.5 Å². The largest absolute Gasteiger partial charge is 0.273 e. The van der Waals surface area contributed by atoms with Crippen LogP contribution >= 0.6 is 27.3 Å². The van der Waals surface area contributed by atoms with E-state index in [2.05, 4.69) is 21.4 Å². The number of thiophene rings is 1. The van der Waals surface area contributed by atoms with Gasteiger partial charge in [0.05, 0.1) is 3.79 Å². The summed E-state index contributed by atoms with van der Waals surface area (Å²) in [5.74, 6) is 0.206. The molecule has 14 heavy (non-hydrogen) atoms. The van der Waals surface area contributed by atoms with Crippen LogP contribution < -0.4 is 5.48 Å². The predicted octanol–water partition coefficient (Wildman–Crippen LogP) is 2.47. The number of amides is 1. The number of nitrogens with one attached hydrogen (secondary N) is 1. The lowest BCUT2D eigenvalue weighted by Crippen LogP contribution is -2.24. The van der Waals surface area contributed by atoms with Gasteiger partial charge in [0.2, 0.25) is 5.91 Å². The third-order valence-electron chi connectivity index (χ3n) is 2.04. The molecular formula is C9H10BrNO2S. The Morgan fingerprint density at radius 1 is 1.71 bits per heavy atom. The summed E-state index contributed by atoms with van der Waals surface area (Å²) >= 11 is 5.01. The summed E-state index contributed by atoms with van der Waals surface area (Å²) in [7, 11) is 0. The van der Waals surface area contributed by atoms with E-state index in [-0.39, 0.29) is 11.8 Å². The number of hydrogen-bond acceptors (Lipinski definition) is 3. The van der Waals surface area contributed by atoms with E-state index < -0.39 is 0 Å². The van der Waals surface area contributed by atoms with Crippen LogP contribution in [0.2, 0.25) is 0 Å². The van der Waals surface area contributed by atoms with E-state index >= 15 is 0 Å². The average Bonchev–Trinajstić information content (AvgIpc) is 2.93. The Bertz CT molecular complexity index is 335. The number of rotatable bonds is 4. The lowest BCUT2D eigenvalue weighted by Gasteiger charge is -2.03. The molecule has 1 fully saturated rings. The topological polar surface area (TPSA) is 38.3 Å². The van der Waals surface area contributed by atoms with Crippen LogP contribution in [0.25, 0.3) is 0 Å². The van der Waals surface area contributed by atoms with Crippen LogP contribution in [0.3, 0.4) is 0 Å². The van der Waals surface area contributed by atoms with Crippen molar-refractivity contribution in [1.29, 1.82) is 0 Å². The first kappa shape index (κ1) is 10.1. The highest BCUT2D eigenvalue weighted by molar-refractivity contribution is 9.11. The summed E-state index contributed by atoms with van der Waals surface area (Å²) in [4.78, 5) is 16.3. The maximum Gasteiger partial charge on any atom is 0.246 e. The fourth-order valence-electron chi connectivity index (χ4n) is 1.04. The minimum Gasteiger partial charge on any atom is -0.273 e. The van der Waals surface area contributed by atoms with Gasteiger partial charge in [-0.2, -0.15) is 0 Å². The van der Waals surface area contributed by atoms with E-state index in [1.54, 1.807) is 11.3 Å². The molecule has 3 nitrogen and oxygen atoms in total. The highest BCUT2D eigenvalue weighted by Gasteiger charge is 2.29. The fraction of sp³-hybridized carbons (Fsp3) is 0.444. The van der Waals surface area contributed by atoms with Gasteiger partial charge < -0.3 is 0 Å². The number of carbonyl (C=O) groups excluding carboxylic acids is 1. The van der Waals surface area contributed by atoms with Crippen molar-refractivity contribution in [2.24, 2.45) is 5.92 Å². The lowest BCUT2D eigenvalue weighted by atomic mass is 10.4. The molecule has 0 atom stereocenters. The molecule has 0 unspecified atom stereocenters. The van der Waals surface area contributed by atoms with Gasteiger partial charge in [0.15, 0.2) is 0 Å². The standard InChI is InChI=1S/C9H10BrNO2S/c10-8-7(3-4-14-8)5-13-11-9(12)6-1-2-6/h3-4,6H,1-2,5H2,(H,11,12). The maximum atomic E-state index is 11.2. The van der Waals surface area contributed by atoms with Gasteiger partial charge in [-0.3, -0.25) is 9.63 Å². The number of carbonyl (C=O) groups is 1. The molecule has 1 aromatic rings. The van der Waals surface area contributed by atoms with Crippen LogP contribution in [-0.2, 0) is 16.2 Å². The molecule has 1 aromatic heterocycles. The van der Waals surface area contributed by atoms with Crippen LogP contribution in [0, 0.1) is 5.92 Å². The average molecular weight is 276 g/mol. The van der Waals surface area contributed by atoms with Crippen molar-refractivity contribution >= 4 is 33.2 Å². The number of hydrogen-bond donors (Lipinski definition) is 1. The molecule has 0 saturated heterocycles. The van der Waals surface area contributed by atoms with Crippen LogP contribution in [0.15, 0.2) is 15.2 Å². The van der Waals surface area contributed by atoms with Crippen molar-refractivity contribution in [2.75, 3.05) is 0 Å². The number of halogens is 1. The molecule has 0 bridgehead atoms. The molecule has 5 heteroatoms. The molecule has 76 valence electrons. The predicted molar refractivity (Wildman–Crippen MR) is 57.7 cm³/mol. The van der Waals surface area contributed by atoms with E-state index in [1.165, 1.54) is 0 Å². The molecule has 1 saturated carbocycles. The second-order valence-corrected chi connectivity index (χ2v) is 5.48. The minimum absolute atomic E-state index is 0.0105. The second kappa shape index (κ2) is 4.42. The molecule has 2 rings (SSSR count). The molecule has 1 amide bonds. The Kier molecular flexibility index (Phi) is 3.20. The van der Waals surface area contributed by atoms with E-state index in [0.717, 1.165) is 22.2 Å². The van der Waals surface area contributed by atoms with Gasteiger partial charge in [-0.25, -0.2) is 5.48 Å². The van der Waals surface area contributed by atoms with Gasteiger partial charge in [-0.1, -0.05) is 0 Å². The Morgan fingerprint density at radius 2 is 2.50 bits per heavy atom. The zero-order valence-electron chi connectivity index (χ0n) is 7.46. The SMILES string of the molecule is O=C(NOCc1ccsc1Br)C1CC1. The Labute approximate surface area is 94.5 Å². The van der Waals surface area contributed by atoms with Gasteiger partial charge in [0.25, 0.3) is 0 Å². The van der Waals surface area contributed by atoms with Crippen molar-refractivity contribution in [3.63, 3.8) is 0 Å². The summed E-state index contributed by atoms with van der Waals surface area (Å²) in [6, 6.07) is 1.97. The van der Waals surface area contributed by atoms with Gasteiger partial charge in [-0.05, 0) is 40.2 Å². The molecular weight excluding hydrogens is 266 g/mol. The first-order chi connectivity index (χ1) is 6.77. The van der Waals surface area contributed by atoms with Crippen LogP contribution in [-0.4, -0.2) is 5.91 Å². The minimum atomic E-state index is 0.0105. The Balaban J connectivity index is 1.72. The second-order valence-electron chi connectivity index (χ2n) is 3.25. The van der Waals surface area contributed by atoms with Crippen molar-refractivity contribution in [1.82, 2.24) is 5.48 Å². The molecule has 1 aliphatic rings. The van der Waals surface area contributed by atoms with Gasteiger partial charge in [-0.15, -0.1) is 11.3 Å². The summed E-state index contributed by atoms with van der Waals surface area (Å²) in [6.45, 7) is 0.419. The van der Waals surface area contributed by atoms with Crippen LogP contribution in [0.5, 0.6) is 0 Å². The van der Waals surface area contributed by atoms with E-state index in [4.69, 9.17) is 4.84 Å². The van der Waals surface area contributed by atoms with E-state index in [1.807, 2.05) is 11.4 Å². The van der Waals surface area contributed by atoms with E-state index in [9.17, 15) is 4.79 Å². The summed E-state index contributed by atoms with van der Waals surface area (Å²) in [5, 5.41) is 1.98. The highest BCUT2D eigenvalue weighted by Crippen LogP contribution is 2.29. The third kappa shape index (κ3) is 2.56. The zero-order chi connectivity index (χ0) is 9.97. The van der Waals surface area contributed by atoms with Crippen LogP contribution in [0.4, 0.5) is 0 Å². The van der Waals surface area contributed by atoms with Gasteiger partial charge >= 0.3 is 0 Å². The van der Waals surface area contributed by atoms with Crippen LogP contribution in [0.1, 0.15) is 18.4 Å². The first-order valence-electron chi connectivity index (χ1n) is 4.41. The molecule has 1 N–H and O–H groups in total. The molecule has 1 aliphatic carbocycles. The van der Waals surface area contributed by atoms with E-state index in [0.29, 0.717) is 6.61 Å². The van der Waals surface area contributed by atoms with Crippen molar-refractivity contribution in [3.8, 4) is 0 Å². The molecule has 0 radical (unpaired) electrons. The monoisotopic (exact) mass is 275 g/mol. The molecule has 0 spiro atoms. The highest BCUT2D eigenvalue weighted by atomic mass is 79.9. The molecule has 0 aromatic carbocycles. The summed E-state index contributed by atoms with van der Waals surface area (Å²) < 4.78 is 1.05. The normalized spacial score (nSPS) is 15.5. The first-order valence-corrected chi connectivity index (χ1v) is 6.08. The zero-order valence-corrected chi connectivity index (χ0v) is 9.86. The van der Waals surface area contributed by atoms with Crippen molar-refractivity contribution < 1.29 is 9.63 Å². The number of hydroxylamine groups is 1.